The normalized spacial score (nSPS) is 18.7. The molecule has 1 heterocycles. The highest BCUT2D eigenvalue weighted by atomic mass is 32.2. The molecule has 10 heteroatoms. The quantitative estimate of drug-likeness (QED) is 0.542. The Morgan fingerprint density at radius 1 is 1.16 bits per heavy atom. The lowest BCUT2D eigenvalue weighted by Gasteiger charge is -2.27. The first-order valence-corrected chi connectivity index (χ1v) is 7.51. The zero-order valence-corrected chi connectivity index (χ0v) is 11.3. The first-order valence-electron chi connectivity index (χ1n) is 6.02. The summed E-state index contributed by atoms with van der Waals surface area (Å²) in [6.07, 6.45) is -3.98. The second-order valence-electron chi connectivity index (χ2n) is 4.28. The van der Waals surface area contributed by atoms with Gasteiger partial charge < -0.3 is 10.2 Å². The summed E-state index contributed by atoms with van der Waals surface area (Å²) in [5.74, 6) is 0. The molecule has 19 heavy (non-hydrogen) atoms. The van der Waals surface area contributed by atoms with Crippen molar-refractivity contribution in [2.24, 2.45) is 0 Å². The fraction of sp³-hybridized carbons (Fsp3) is 1.00. The lowest BCUT2D eigenvalue weighted by Crippen LogP contribution is -2.45. The van der Waals surface area contributed by atoms with Gasteiger partial charge in [0.25, 0.3) is 10.2 Å². The van der Waals surface area contributed by atoms with Crippen molar-refractivity contribution < 1.29 is 21.6 Å². The third kappa shape index (κ3) is 8.37. The van der Waals surface area contributed by atoms with Crippen molar-refractivity contribution in [3.8, 4) is 0 Å². The van der Waals surface area contributed by atoms with Crippen molar-refractivity contribution in [1.82, 2.24) is 19.7 Å². The van der Waals surface area contributed by atoms with Gasteiger partial charge in [0.2, 0.25) is 0 Å². The van der Waals surface area contributed by atoms with E-state index in [0.717, 1.165) is 32.7 Å². The van der Waals surface area contributed by atoms with Crippen molar-refractivity contribution in [3.63, 3.8) is 0 Å². The zero-order chi connectivity index (χ0) is 14.4. The van der Waals surface area contributed by atoms with Crippen LogP contribution in [0.25, 0.3) is 0 Å². The fourth-order valence-electron chi connectivity index (χ4n) is 1.67. The van der Waals surface area contributed by atoms with Crippen LogP contribution in [0.1, 0.15) is 6.42 Å². The van der Waals surface area contributed by atoms with Crippen molar-refractivity contribution in [2.75, 3.05) is 45.8 Å². The van der Waals surface area contributed by atoms with Gasteiger partial charge in [0.1, 0.15) is 6.54 Å². The molecule has 0 spiro atoms. The van der Waals surface area contributed by atoms with Crippen LogP contribution in [0.2, 0.25) is 0 Å². The minimum Gasteiger partial charge on any atom is -0.314 e. The molecule has 0 aliphatic carbocycles. The number of hydrogen-bond donors (Lipinski definition) is 3. The van der Waals surface area contributed by atoms with E-state index in [9.17, 15) is 21.6 Å². The predicted molar refractivity (Wildman–Crippen MR) is 64.9 cm³/mol. The molecule has 1 fully saturated rings. The number of hydrogen-bond acceptors (Lipinski definition) is 4. The number of nitrogens with one attached hydrogen (secondary N) is 3. The lowest BCUT2D eigenvalue weighted by atomic mass is 10.3. The average Bonchev–Trinajstić information content (AvgIpc) is 2.33. The Balaban J connectivity index is 2.13. The van der Waals surface area contributed by atoms with E-state index >= 15 is 0 Å². The maximum atomic E-state index is 11.8. The molecule has 0 aromatic carbocycles. The molecular weight excluding hydrogens is 285 g/mol. The summed E-state index contributed by atoms with van der Waals surface area (Å²) in [5, 5.41) is 3.19. The molecule has 1 rings (SSSR count). The van der Waals surface area contributed by atoms with E-state index in [1.54, 1.807) is 0 Å². The van der Waals surface area contributed by atoms with Gasteiger partial charge in [-0.05, 0) is 13.0 Å². The molecule has 0 saturated carbocycles. The highest BCUT2D eigenvalue weighted by molar-refractivity contribution is 7.87. The largest absolute Gasteiger partial charge is 0.402 e. The van der Waals surface area contributed by atoms with Crippen molar-refractivity contribution in [2.45, 2.75) is 12.6 Å². The SMILES string of the molecule is O=S(=O)(NCCCN1CCNCC1)NCC(F)(F)F. The first-order chi connectivity index (χ1) is 8.79. The van der Waals surface area contributed by atoms with Crippen molar-refractivity contribution in [1.29, 1.82) is 0 Å². The van der Waals surface area contributed by atoms with Gasteiger partial charge in [-0.15, -0.1) is 0 Å². The molecule has 0 bridgehead atoms. The summed E-state index contributed by atoms with van der Waals surface area (Å²) in [4.78, 5) is 2.17. The number of halogens is 3. The molecule has 0 atom stereocenters. The Labute approximate surface area is 110 Å². The number of nitrogens with zero attached hydrogens (tertiary/aromatic N) is 1. The fourth-order valence-corrected chi connectivity index (χ4v) is 2.54. The van der Waals surface area contributed by atoms with Gasteiger partial charge in [-0.2, -0.15) is 26.3 Å². The van der Waals surface area contributed by atoms with Crippen LogP contribution in [0.3, 0.4) is 0 Å². The summed E-state index contributed by atoms with van der Waals surface area (Å²) in [6.45, 7) is 2.90. The number of rotatable bonds is 7. The molecule has 0 radical (unpaired) electrons. The molecular formula is C9H19F3N4O2S. The molecule has 0 aromatic rings. The van der Waals surface area contributed by atoms with Crippen LogP contribution in [0.5, 0.6) is 0 Å². The summed E-state index contributed by atoms with van der Waals surface area (Å²) in [5.41, 5.74) is 0. The molecule has 1 aliphatic rings. The smallest absolute Gasteiger partial charge is 0.314 e. The van der Waals surface area contributed by atoms with Gasteiger partial charge in [0, 0.05) is 32.7 Å². The van der Waals surface area contributed by atoms with Gasteiger partial charge in [-0.1, -0.05) is 0 Å². The summed E-state index contributed by atoms with van der Waals surface area (Å²) in [6, 6.07) is 0. The first kappa shape index (κ1) is 16.6. The van der Waals surface area contributed by atoms with E-state index in [1.165, 1.54) is 4.72 Å². The Kier molecular flexibility index (Phi) is 6.47. The topological polar surface area (TPSA) is 73.5 Å². The Morgan fingerprint density at radius 3 is 2.37 bits per heavy atom. The van der Waals surface area contributed by atoms with E-state index in [-0.39, 0.29) is 6.54 Å². The average molecular weight is 304 g/mol. The standard InChI is InChI=1S/C9H19F3N4O2S/c10-9(11,12)8-15-19(17,18)14-2-1-5-16-6-3-13-4-7-16/h13-15H,1-8H2. The maximum absolute atomic E-state index is 11.8. The molecule has 3 N–H and O–H groups in total. The van der Waals surface area contributed by atoms with Crippen LogP contribution in [0, 0.1) is 0 Å². The van der Waals surface area contributed by atoms with Crippen LogP contribution in [0.4, 0.5) is 13.2 Å². The Morgan fingerprint density at radius 2 is 1.79 bits per heavy atom. The van der Waals surface area contributed by atoms with Gasteiger partial charge in [-0.25, -0.2) is 4.72 Å². The second-order valence-corrected chi connectivity index (χ2v) is 5.86. The summed E-state index contributed by atoms with van der Waals surface area (Å²) in [7, 11) is -4.07. The van der Waals surface area contributed by atoms with Gasteiger partial charge in [0.15, 0.2) is 0 Å². The van der Waals surface area contributed by atoms with E-state index < -0.39 is 22.9 Å². The monoisotopic (exact) mass is 304 g/mol. The summed E-state index contributed by atoms with van der Waals surface area (Å²) < 4.78 is 61.5. The molecule has 0 unspecified atom stereocenters. The number of piperazine rings is 1. The van der Waals surface area contributed by atoms with Crippen molar-refractivity contribution in [3.05, 3.63) is 0 Å². The minimum atomic E-state index is -4.55. The summed E-state index contributed by atoms with van der Waals surface area (Å²) >= 11 is 0. The van der Waals surface area contributed by atoms with Gasteiger partial charge in [0.05, 0.1) is 0 Å². The highest BCUT2D eigenvalue weighted by Gasteiger charge is 2.29. The molecule has 6 nitrogen and oxygen atoms in total. The van der Waals surface area contributed by atoms with Crippen LogP contribution < -0.4 is 14.8 Å². The molecule has 114 valence electrons. The second kappa shape index (κ2) is 7.39. The third-order valence-electron chi connectivity index (χ3n) is 2.62. The van der Waals surface area contributed by atoms with E-state index in [4.69, 9.17) is 0 Å². The van der Waals surface area contributed by atoms with Gasteiger partial charge >= 0.3 is 6.18 Å². The van der Waals surface area contributed by atoms with E-state index in [2.05, 4.69) is 14.9 Å². The maximum Gasteiger partial charge on any atom is 0.402 e. The predicted octanol–water partition coefficient (Wildman–Crippen LogP) is -0.732. The Hall–Kier alpha value is -0.420. The number of alkyl halides is 3. The molecule has 1 aliphatic heterocycles. The van der Waals surface area contributed by atoms with Crippen molar-refractivity contribution >= 4 is 10.2 Å². The molecule has 0 aromatic heterocycles. The Bertz CT molecular complexity index is 355. The van der Waals surface area contributed by atoms with E-state index in [0.29, 0.717) is 6.42 Å². The van der Waals surface area contributed by atoms with Crippen LogP contribution in [0.15, 0.2) is 0 Å². The third-order valence-corrected chi connectivity index (χ3v) is 3.72. The zero-order valence-electron chi connectivity index (χ0n) is 10.5. The highest BCUT2D eigenvalue weighted by Crippen LogP contribution is 2.12. The van der Waals surface area contributed by atoms with Crippen LogP contribution >= 0.6 is 0 Å². The minimum absolute atomic E-state index is 0.122. The van der Waals surface area contributed by atoms with E-state index in [1.807, 2.05) is 0 Å². The van der Waals surface area contributed by atoms with Crippen LogP contribution in [-0.2, 0) is 10.2 Å². The van der Waals surface area contributed by atoms with Crippen LogP contribution in [-0.4, -0.2) is 65.3 Å². The van der Waals surface area contributed by atoms with Gasteiger partial charge in [-0.3, -0.25) is 0 Å². The molecule has 0 amide bonds. The lowest BCUT2D eigenvalue weighted by molar-refractivity contribution is -0.121. The molecule has 1 saturated heterocycles.